The zero-order valence-corrected chi connectivity index (χ0v) is 7.93. The molecule has 1 fully saturated rings. The maximum atomic E-state index is 10.5. The van der Waals surface area contributed by atoms with Crippen molar-refractivity contribution < 1.29 is 9.53 Å². The van der Waals surface area contributed by atoms with Crippen molar-refractivity contribution in [1.82, 2.24) is 5.32 Å². The van der Waals surface area contributed by atoms with E-state index < -0.39 is 5.37 Å². The van der Waals surface area contributed by atoms with E-state index in [0.29, 0.717) is 12.7 Å². The molecule has 4 heteroatoms. The summed E-state index contributed by atoms with van der Waals surface area (Å²) in [5, 5.41) is 2.15. The summed E-state index contributed by atoms with van der Waals surface area (Å²) in [5.41, 5.74) is 0. The van der Waals surface area contributed by atoms with Gasteiger partial charge in [0.2, 0.25) is 0 Å². The molecule has 1 saturated heterocycles. The van der Waals surface area contributed by atoms with Crippen LogP contribution in [0.4, 0.5) is 4.79 Å². The monoisotopic (exact) mass is 191 g/mol. The molecule has 1 N–H and O–H groups in total. The van der Waals surface area contributed by atoms with E-state index in [1.54, 1.807) is 0 Å². The first kappa shape index (κ1) is 9.81. The molecule has 1 aliphatic rings. The molecule has 1 aliphatic heterocycles. The third-order valence-electron chi connectivity index (χ3n) is 2.01. The highest BCUT2D eigenvalue weighted by Crippen LogP contribution is 2.17. The van der Waals surface area contributed by atoms with Gasteiger partial charge in [-0.25, -0.2) is 0 Å². The molecule has 0 aromatic carbocycles. The van der Waals surface area contributed by atoms with Crippen LogP contribution in [0.15, 0.2) is 0 Å². The van der Waals surface area contributed by atoms with Crippen LogP contribution in [-0.4, -0.2) is 24.1 Å². The largest absolute Gasteiger partial charge is 0.376 e. The van der Waals surface area contributed by atoms with E-state index in [-0.39, 0.29) is 6.04 Å². The van der Waals surface area contributed by atoms with Crippen LogP contribution in [0.3, 0.4) is 0 Å². The summed E-state index contributed by atoms with van der Waals surface area (Å²) in [4.78, 5) is 10.5. The van der Waals surface area contributed by atoms with Gasteiger partial charge < -0.3 is 10.1 Å². The number of hydrogen-bond donors (Lipinski definition) is 1. The molecule has 0 aromatic rings. The van der Waals surface area contributed by atoms with Gasteiger partial charge in [0.25, 0.3) is 0 Å². The first-order chi connectivity index (χ1) is 5.72. The SMILES string of the molecule is CCCC1CC(NC(=O)Cl)CO1. The first-order valence-corrected chi connectivity index (χ1v) is 4.67. The number of nitrogens with one attached hydrogen (secondary N) is 1. The van der Waals surface area contributed by atoms with E-state index in [9.17, 15) is 4.79 Å². The molecular weight excluding hydrogens is 178 g/mol. The molecule has 70 valence electrons. The summed E-state index contributed by atoms with van der Waals surface area (Å²) in [7, 11) is 0. The number of hydrogen-bond acceptors (Lipinski definition) is 2. The second-order valence-corrected chi connectivity index (χ2v) is 3.44. The van der Waals surface area contributed by atoms with Gasteiger partial charge in [0, 0.05) is 0 Å². The van der Waals surface area contributed by atoms with Gasteiger partial charge in [0.1, 0.15) is 0 Å². The second kappa shape index (κ2) is 4.67. The number of carbonyl (C=O) groups excluding carboxylic acids is 1. The molecule has 1 amide bonds. The molecule has 0 aromatic heterocycles. The molecule has 2 unspecified atom stereocenters. The van der Waals surface area contributed by atoms with Crippen LogP contribution >= 0.6 is 11.6 Å². The van der Waals surface area contributed by atoms with Gasteiger partial charge in [-0.15, -0.1) is 0 Å². The Morgan fingerprint density at radius 1 is 1.75 bits per heavy atom. The lowest BCUT2D eigenvalue weighted by atomic mass is 10.1. The average Bonchev–Trinajstić information content (AvgIpc) is 2.36. The van der Waals surface area contributed by atoms with Crippen molar-refractivity contribution in [2.24, 2.45) is 0 Å². The molecule has 1 rings (SSSR count). The summed E-state index contributed by atoms with van der Waals surface area (Å²) in [6, 6.07) is 0.117. The predicted octanol–water partition coefficient (Wildman–Crippen LogP) is 1.89. The van der Waals surface area contributed by atoms with E-state index in [1.807, 2.05) is 0 Å². The fourth-order valence-corrected chi connectivity index (χ4v) is 1.64. The lowest BCUT2D eigenvalue weighted by molar-refractivity contribution is 0.101. The summed E-state index contributed by atoms with van der Waals surface area (Å²) in [5.74, 6) is 0. The topological polar surface area (TPSA) is 38.3 Å². The Balaban J connectivity index is 2.21. The van der Waals surface area contributed by atoms with Gasteiger partial charge in [0.15, 0.2) is 0 Å². The number of halogens is 1. The molecular formula is C8H14ClNO2. The van der Waals surface area contributed by atoms with Gasteiger partial charge in [0.05, 0.1) is 18.8 Å². The summed E-state index contributed by atoms with van der Waals surface area (Å²) >= 11 is 5.18. The third-order valence-corrected chi connectivity index (χ3v) is 2.12. The van der Waals surface area contributed by atoms with Crippen molar-refractivity contribution in [1.29, 1.82) is 0 Å². The number of amides is 1. The highest BCUT2D eigenvalue weighted by atomic mass is 35.5. The van der Waals surface area contributed by atoms with Gasteiger partial charge in [-0.1, -0.05) is 13.3 Å². The predicted molar refractivity (Wildman–Crippen MR) is 47.4 cm³/mol. The second-order valence-electron chi connectivity index (χ2n) is 3.09. The third kappa shape index (κ3) is 2.99. The lowest BCUT2D eigenvalue weighted by Crippen LogP contribution is -2.31. The molecule has 0 saturated carbocycles. The number of ether oxygens (including phenoxy) is 1. The van der Waals surface area contributed by atoms with Gasteiger partial charge in [-0.2, -0.15) is 0 Å². The fourth-order valence-electron chi connectivity index (χ4n) is 1.49. The van der Waals surface area contributed by atoms with Crippen molar-refractivity contribution >= 4 is 17.0 Å². The Morgan fingerprint density at radius 3 is 3.08 bits per heavy atom. The van der Waals surface area contributed by atoms with Crippen LogP contribution in [0.2, 0.25) is 0 Å². The smallest absolute Gasteiger partial charge is 0.314 e. The van der Waals surface area contributed by atoms with E-state index in [2.05, 4.69) is 12.2 Å². The zero-order chi connectivity index (χ0) is 8.97. The summed E-state index contributed by atoms with van der Waals surface area (Å²) < 4.78 is 5.43. The van der Waals surface area contributed by atoms with Crippen LogP contribution < -0.4 is 5.32 Å². The quantitative estimate of drug-likeness (QED) is 0.547. The van der Waals surface area contributed by atoms with Gasteiger partial charge >= 0.3 is 5.37 Å². The maximum Gasteiger partial charge on any atom is 0.314 e. The highest BCUT2D eigenvalue weighted by molar-refractivity contribution is 6.62. The minimum Gasteiger partial charge on any atom is -0.376 e. The van der Waals surface area contributed by atoms with Crippen molar-refractivity contribution in [3.8, 4) is 0 Å². The first-order valence-electron chi connectivity index (χ1n) is 4.30. The summed E-state index contributed by atoms with van der Waals surface area (Å²) in [6.07, 6.45) is 3.39. The van der Waals surface area contributed by atoms with Crippen LogP contribution in [0.25, 0.3) is 0 Å². The van der Waals surface area contributed by atoms with Gasteiger partial charge in [-0.3, -0.25) is 4.79 Å². The molecule has 2 atom stereocenters. The van der Waals surface area contributed by atoms with Gasteiger partial charge in [-0.05, 0) is 24.4 Å². The van der Waals surface area contributed by atoms with Crippen LogP contribution in [0, 0.1) is 0 Å². The fraction of sp³-hybridized carbons (Fsp3) is 0.875. The van der Waals surface area contributed by atoms with E-state index >= 15 is 0 Å². The van der Waals surface area contributed by atoms with E-state index in [0.717, 1.165) is 19.3 Å². The molecule has 0 bridgehead atoms. The van der Waals surface area contributed by atoms with Crippen molar-refractivity contribution in [3.05, 3.63) is 0 Å². The zero-order valence-electron chi connectivity index (χ0n) is 7.18. The summed E-state index contributed by atoms with van der Waals surface area (Å²) in [6.45, 7) is 2.72. The number of rotatable bonds is 3. The minimum atomic E-state index is -0.485. The van der Waals surface area contributed by atoms with Crippen molar-refractivity contribution in [3.63, 3.8) is 0 Å². The lowest BCUT2D eigenvalue weighted by Gasteiger charge is -2.07. The Hall–Kier alpha value is -0.280. The Bertz CT molecular complexity index is 163. The Kier molecular flexibility index (Phi) is 3.82. The van der Waals surface area contributed by atoms with Crippen molar-refractivity contribution in [2.75, 3.05) is 6.61 Å². The Labute approximate surface area is 77.4 Å². The normalized spacial score (nSPS) is 28.8. The molecule has 0 aliphatic carbocycles. The molecule has 0 radical (unpaired) electrons. The molecule has 0 spiro atoms. The standard InChI is InChI=1S/C8H14ClNO2/c1-2-3-7-4-6(5-12-7)10-8(9)11/h6-7H,2-5H2,1H3,(H,10,11). The Morgan fingerprint density at radius 2 is 2.50 bits per heavy atom. The number of carbonyl (C=O) groups is 1. The van der Waals surface area contributed by atoms with Crippen molar-refractivity contribution in [2.45, 2.75) is 38.3 Å². The highest BCUT2D eigenvalue weighted by Gasteiger charge is 2.25. The maximum absolute atomic E-state index is 10.5. The van der Waals surface area contributed by atoms with E-state index in [1.165, 1.54) is 0 Å². The van der Waals surface area contributed by atoms with Crippen LogP contribution in [0.1, 0.15) is 26.2 Å². The van der Waals surface area contributed by atoms with E-state index in [4.69, 9.17) is 16.3 Å². The average molecular weight is 192 g/mol. The molecule has 3 nitrogen and oxygen atoms in total. The molecule has 12 heavy (non-hydrogen) atoms. The van der Waals surface area contributed by atoms with Crippen LogP contribution in [-0.2, 0) is 4.74 Å². The minimum absolute atomic E-state index is 0.117. The van der Waals surface area contributed by atoms with Crippen LogP contribution in [0.5, 0.6) is 0 Å². The molecule has 1 heterocycles.